The SMILES string of the molecule is CC(O)(CN)CN1CCCS(=O)CC1. The first kappa shape index (κ1) is 12.1. The number of hydrogen-bond donors (Lipinski definition) is 2. The van der Waals surface area contributed by atoms with Crippen LogP contribution in [-0.2, 0) is 10.8 Å². The summed E-state index contributed by atoms with van der Waals surface area (Å²) < 4.78 is 11.3. The molecule has 5 heteroatoms. The predicted molar refractivity (Wildman–Crippen MR) is 58.6 cm³/mol. The first-order valence-corrected chi connectivity index (χ1v) is 6.52. The summed E-state index contributed by atoms with van der Waals surface area (Å²) in [5, 5.41) is 9.79. The first-order chi connectivity index (χ1) is 6.53. The average molecular weight is 220 g/mol. The summed E-state index contributed by atoms with van der Waals surface area (Å²) in [6.07, 6.45) is 0.952. The van der Waals surface area contributed by atoms with Crippen LogP contribution in [0.2, 0.25) is 0 Å². The topological polar surface area (TPSA) is 66.6 Å². The van der Waals surface area contributed by atoms with Gasteiger partial charge in [0, 0.05) is 41.9 Å². The molecule has 2 unspecified atom stereocenters. The van der Waals surface area contributed by atoms with Crippen LogP contribution in [0.5, 0.6) is 0 Å². The lowest BCUT2D eigenvalue weighted by Crippen LogP contribution is -2.46. The second-order valence-corrected chi connectivity index (χ2v) is 5.87. The van der Waals surface area contributed by atoms with Crippen molar-refractivity contribution in [2.24, 2.45) is 5.73 Å². The van der Waals surface area contributed by atoms with Crippen LogP contribution in [0.3, 0.4) is 0 Å². The molecule has 0 aliphatic carbocycles. The monoisotopic (exact) mass is 220 g/mol. The van der Waals surface area contributed by atoms with Crippen LogP contribution in [0.25, 0.3) is 0 Å². The summed E-state index contributed by atoms with van der Waals surface area (Å²) in [5.74, 6) is 1.52. The van der Waals surface area contributed by atoms with Gasteiger partial charge in [-0.05, 0) is 19.9 Å². The number of rotatable bonds is 3. The highest BCUT2D eigenvalue weighted by atomic mass is 32.2. The van der Waals surface area contributed by atoms with Crippen molar-refractivity contribution in [2.75, 3.05) is 37.7 Å². The third kappa shape index (κ3) is 4.04. The number of β-amino-alcohol motifs (C(OH)–C–C–N with tert-alkyl or cyclic N) is 1. The van der Waals surface area contributed by atoms with E-state index in [9.17, 15) is 9.32 Å². The van der Waals surface area contributed by atoms with Gasteiger partial charge in [-0.2, -0.15) is 0 Å². The molecule has 2 atom stereocenters. The fourth-order valence-corrected chi connectivity index (χ4v) is 2.72. The Morgan fingerprint density at radius 2 is 2.21 bits per heavy atom. The molecule has 1 aliphatic rings. The number of nitrogens with two attached hydrogens (primary N) is 1. The molecule has 0 aromatic rings. The minimum Gasteiger partial charge on any atom is -0.388 e. The van der Waals surface area contributed by atoms with Crippen LogP contribution in [0.1, 0.15) is 13.3 Å². The summed E-state index contributed by atoms with van der Waals surface area (Å²) >= 11 is 0. The average Bonchev–Trinajstić information content (AvgIpc) is 2.31. The molecule has 0 saturated carbocycles. The van der Waals surface area contributed by atoms with Crippen LogP contribution in [0.15, 0.2) is 0 Å². The van der Waals surface area contributed by atoms with E-state index in [-0.39, 0.29) is 6.54 Å². The van der Waals surface area contributed by atoms with Crippen molar-refractivity contribution in [3.63, 3.8) is 0 Å². The van der Waals surface area contributed by atoms with Crippen LogP contribution in [-0.4, -0.2) is 57.5 Å². The third-order valence-corrected chi connectivity index (χ3v) is 3.87. The van der Waals surface area contributed by atoms with E-state index in [2.05, 4.69) is 4.90 Å². The lowest BCUT2D eigenvalue weighted by atomic mass is 10.1. The Kier molecular flexibility index (Phi) is 4.50. The molecule has 1 rings (SSSR count). The van der Waals surface area contributed by atoms with Crippen LogP contribution in [0.4, 0.5) is 0 Å². The number of aliphatic hydroxyl groups is 1. The minimum atomic E-state index is -0.814. The highest BCUT2D eigenvalue weighted by Gasteiger charge is 2.23. The molecule has 1 aliphatic heterocycles. The zero-order valence-electron chi connectivity index (χ0n) is 8.74. The summed E-state index contributed by atoms with van der Waals surface area (Å²) in [5.41, 5.74) is 4.64. The molecular formula is C9H20N2O2S. The van der Waals surface area contributed by atoms with Gasteiger partial charge in [0.1, 0.15) is 0 Å². The largest absolute Gasteiger partial charge is 0.388 e. The quantitative estimate of drug-likeness (QED) is 0.650. The second kappa shape index (κ2) is 5.21. The molecule has 0 spiro atoms. The molecule has 1 saturated heterocycles. The van der Waals surface area contributed by atoms with Crippen molar-refractivity contribution in [3.8, 4) is 0 Å². The molecule has 84 valence electrons. The van der Waals surface area contributed by atoms with E-state index in [1.54, 1.807) is 6.92 Å². The molecule has 1 heterocycles. The van der Waals surface area contributed by atoms with E-state index in [0.29, 0.717) is 6.54 Å². The van der Waals surface area contributed by atoms with E-state index in [0.717, 1.165) is 31.0 Å². The van der Waals surface area contributed by atoms with Crippen LogP contribution < -0.4 is 5.73 Å². The summed E-state index contributed by atoms with van der Waals surface area (Å²) in [7, 11) is -0.663. The fraction of sp³-hybridized carbons (Fsp3) is 1.00. The minimum absolute atomic E-state index is 0.270. The lowest BCUT2D eigenvalue weighted by Gasteiger charge is -2.29. The van der Waals surface area contributed by atoms with Gasteiger partial charge in [-0.1, -0.05) is 0 Å². The molecule has 0 amide bonds. The standard InChI is InChI=1S/C9H20N2O2S/c1-9(12,7-10)8-11-3-2-5-14(13)6-4-11/h12H,2-8,10H2,1H3. The van der Waals surface area contributed by atoms with Gasteiger partial charge < -0.3 is 10.8 Å². The Labute approximate surface area is 87.9 Å². The van der Waals surface area contributed by atoms with Gasteiger partial charge in [0.05, 0.1) is 5.60 Å². The van der Waals surface area contributed by atoms with Crippen molar-refractivity contribution < 1.29 is 9.32 Å². The van der Waals surface area contributed by atoms with Gasteiger partial charge in [0.2, 0.25) is 0 Å². The van der Waals surface area contributed by atoms with E-state index >= 15 is 0 Å². The lowest BCUT2D eigenvalue weighted by molar-refractivity contribution is 0.0297. The maximum absolute atomic E-state index is 11.3. The molecule has 0 aromatic heterocycles. The fourth-order valence-electron chi connectivity index (χ4n) is 1.60. The normalized spacial score (nSPS) is 29.5. The molecular weight excluding hydrogens is 200 g/mol. The van der Waals surface area contributed by atoms with Gasteiger partial charge in [0.15, 0.2) is 0 Å². The Bertz CT molecular complexity index is 209. The Morgan fingerprint density at radius 3 is 2.86 bits per heavy atom. The maximum atomic E-state index is 11.3. The summed E-state index contributed by atoms with van der Waals surface area (Å²) in [6.45, 7) is 4.33. The zero-order chi connectivity index (χ0) is 10.6. The first-order valence-electron chi connectivity index (χ1n) is 5.03. The van der Waals surface area contributed by atoms with Crippen LogP contribution >= 0.6 is 0 Å². The van der Waals surface area contributed by atoms with Gasteiger partial charge in [0.25, 0.3) is 0 Å². The van der Waals surface area contributed by atoms with Gasteiger partial charge in [-0.15, -0.1) is 0 Å². The molecule has 14 heavy (non-hydrogen) atoms. The smallest absolute Gasteiger partial charge is 0.0867 e. The zero-order valence-corrected chi connectivity index (χ0v) is 9.55. The third-order valence-electron chi connectivity index (χ3n) is 2.49. The molecule has 0 bridgehead atoms. The molecule has 3 N–H and O–H groups in total. The van der Waals surface area contributed by atoms with E-state index in [1.165, 1.54) is 0 Å². The van der Waals surface area contributed by atoms with Crippen molar-refractivity contribution in [1.82, 2.24) is 4.90 Å². The molecule has 1 fully saturated rings. The summed E-state index contributed by atoms with van der Waals surface area (Å²) in [6, 6.07) is 0. The molecule has 0 aromatic carbocycles. The molecule has 4 nitrogen and oxygen atoms in total. The Morgan fingerprint density at radius 1 is 1.50 bits per heavy atom. The van der Waals surface area contributed by atoms with Crippen molar-refractivity contribution in [2.45, 2.75) is 18.9 Å². The Hall–Kier alpha value is 0.0300. The van der Waals surface area contributed by atoms with E-state index < -0.39 is 16.4 Å². The number of hydrogen-bond acceptors (Lipinski definition) is 4. The van der Waals surface area contributed by atoms with Gasteiger partial charge in [-0.25, -0.2) is 0 Å². The van der Waals surface area contributed by atoms with Crippen LogP contribution in [0, 0.1) is 0 Å². The van der Waals surface area contributed by atoms with E-state index in [1.807, 2.05) is 0 Å². The van der Waals surface area contributed by atoms with Crippen molar-refractivity contribution >= 4 is 10.8 Å². The second-order valence-electron chi connectivity index (χ2n) is 4.18. The maximum Gasteiger partial charge on any atom is 0.0867 e. The Balaban J connectivity index is 2.41. The van der Waals surface area contributed by atoms with Crippen molar-refractivity contribution in [3.05, 3.63) is 0 Å². The van der Waals surface area contributed by atoms with Crippen molar-refractivity contribution in [1.29, 1.82) is 0 Å². The highest BCUT2D eigenvalue weighted by molar-refractivity contribution is 7.85. The summed E-state index contributed by atoms with van der Waals surface area (Å²) in [4.78, 5) is 2.15. The molecule has 0 radical (unpaired) electrons. The van der Waals surface area contributed by atoms with E-state index in [4.69, 9.17) is 5.73 Å². The van der Waals surface area contributed by atoms with Gasteiger partial charge in [-0.3, -0.25) is 9.11 Å². The highest BCUT2D eigenvalue weighted by Crippen LogP contribution is 2.08. The van der Waals surface area contributed by atoms with Gasteiger partial charge >= 0.3 is 0 Å². The predicted octanol–water partition coefficient (Wildman–Crippen LogP) is -0.849. The number of nitrogens with zero attached hydrogens (tertiary/aromatic N) is 1.